The van der Waals surface area contributed by atoms with E-state index in [2.05, 4.69) is 48.5 Å². The second-order valence-electron chi connectivity index (χ2n) is 6.30. The average Bonchev–Trinajstić information content (AvgIpc) is 2.19. The summed E-state index contributed by atoms with van der Waals surface area (Å²) in [6, 6.07) is 1.09. The molecule has 0 aliphatic carbocycles. The zero-order chi connectivity index (χ0) is 13.5. The normalized spacial score (nSPS) is 13.4. The predicted octanol–water partition coefficient (Wildman–Crippen LogP) is 4.74. The zero-order valence-electron chi connectivity index (χ0n) is 12.9. The number of rotatable bonds is 8. The number of hydrogen-bond acceptors (Lipinski definition) is 2. The summed E-state index contributed by atoms with van der Waals surface area (Å²) in [7, 11) is -2.10. The minimum atomic E-state index is -2.10. The van der Waals surface area contributed by atoms with Crippen molar-refractivity contribution in [3.8, 4) is 0 Å². The third kappa shape index (κ3) is 5.54. The Balaban J connectivity index is 4.91. The van der Waals surface area contributed by atoms with Crippen LogP contribution in [0.3, 0.4) is 0 Å². The molecule has 104 valence electrons. The van der Waals surface area contributed by atoms with E-state index >= 15 is 0 Å². The van der Waals surface area contributed by atoms with Gasteiger partial charge in [0, 0.05) is 18.3 Å². The maximum atomic E-state index is 6.27. The Labute approximate surface area is 109 Å². The monoisotopic (exact) mass is 260 g/mol. The SMILES string of the molecule is CCCO[Si](CC(C)C)(OCCC)C(C)(C)C. The second kappa shape index (κ2) is 7.55. The molecule has 0 unspecified atom stereocenters. The van der Waals surface area contributed by atoms with Gasteiger partial charge in [0.1, 0.15) is 0 Å². The van der Waals surface area contributed by atoms with Crippen LogP contribution in [0, 0.1) is 5.92 Å². The molecule has 0 radical (unpaired) electrons. The van der Waals surface area contributed by atoms with E-state index in [-0.39, 0.29) is 5.04 Å². The van der Waals surface area contributed by atoms with Gasteiger partial charge in [-0.3, -0.25) is 0 Å². The Hall–Kier alpha value is 0.137. The van der Waals surface area contributed by atoms with E-state index in [4.69, 9.17) is 8.85 Å². The third-order valence-corrected chi connectivity index (χ3v) is 7.88. The molecule has 0 aromatic carbocycles. The summed E-state index contributed by atoms with van der Waals surface area (Å²) in [4.78, 5) is 0. The summed E-state index contributed by atoms with van der Waals surface area (Å²) in [6.45, 7) is 17.3. The van der Waals surface area contributed by atoms with Gasteiger partial charge in [-0.15, -0.1) is 0 Å². The maximum Gasteiger partial charge on any atom is 0.343 e. The Morgan fingerprint density at radius 3 is 1.59 bits per heavy atom. The van der Waals surface area contributed by atoms with E-state index in [0.29, 0.717) is 5.92 Å². The molecule has 0 fully saturated rings. The predicted molar refractivity (Wildman–Crippen MR) is 77.6 cm³/mol. The highest BCUT2D eigenvalue weighted by atomic mass is 28.4. The first-order valence-electron chi connectivity index (χ1n) is 7.07. The van der Waals surface area contributed by atoms with Crippen LogP contribution in [-0.4, -0.2) is 21.8 Å². The largest absolute Gasteiger partial charge is 0.394 e. The molecular weight excluding hydrogens is 228 g/mol. The van der Waals surface area contributed by atoms with Crippen molar-refractivity contribution < 1.29 is 8.85 Å². The average molecular weight is 260 g/mol. The highest BCUT2D eigenvalue weighted by molar-refractivity contribution is 6.70. The van der Waals surface area contributed by atoms with Crippen molar-refractivity contribution in [3.63, 3.8) is 0 Å². The molecule has 3 heteroatoms. The van der Waals surface area contributed by atoms with Crippen LogP contribution >= 0.6 is 0 Å². The summed E-state index contributed by atoms with van der Waals surface area (Å²) >= 11 is 0. The summed E-state index contributed by atoms with van der Waals surface area (Å²) in [5.74, 6) is 0.634. The molecular formula is C14H32O2Si. The molecule has 0 atom stereocenters. The highest BCUT2D eigenvalue weighted by Crippen LogP contribution is 2.42. The lowest BCUT2D eigenvalue weighted by molar-refractivity contribution is 0.143. The summed E-state index contributed by atoms with van der Waals surface area (Å²) in [5.41, 5.74) is 0. The Morgan fingerprint density at radius 2 is 1.35 bits per heavy atom. The number of hydrogen-bond donors (Lipinski definition) is 0. The van der Waals surface area contributed by atoms with Gasteiger partial charge in [-0.2, -0.15) is 0 Å². The van der Waals surface area contributed by atoms with E-state index < -0.39 is 8.56 Å². The standard InChI is InChI=1S/C14H32O2Si/c1-8-10-15-17(12-13(3)4,14(5,6)7)16-11-9-2/h13H,8-12H2,1-7H3. The van der Waals surface area contributed by atoms with Crippen molar-refractivity contribution in [2.45, 2.75) is 72.4 Å². The first kappa shape index (κ1) is 17.1. The van der Waals surface area contributed by atoms with Gasteiger partial charge in [0.25, 0.3) is 0 Å². The molecule has 0 saturated carbocycles. The van der Waals surface area contributed by atoms with Gasteiger partial charge in [0.15, 0.2) is 0 Å². The van der Waals surface area contributed by atoms with Crippen LogP contribution in [0.5, 0.6) is 0 Å². The Morgan fingerprint density at radius 1 is 0.941 bits per heavy atom. The third-order valence-electron chi connectivity index (χ3n) is 2.90. The summed E-state index contributed by atoms with van der Waals surface area (Å²) < 4.78 is 12.5. The van der Waals surface area contributed by atoms with Crippen LogP contribution < -0.4 is 0 Å². The fraction of sp³-hybridized carbons (Fsp3) is 1.00. The summed E-state index contributed by atoms with van der Waals surface area (Å²) in [5, 5.41) is 0.140. The van der Waals surface area contributed by atoms with Crippen LogP contribution in [0.15, 0.2) is 0 Å². The quantitative estimate of drug-likeness (QED) is 0.587. The van der Waals surface area contributed by atoms with Crippen molar-refractivity contribution in [1.82, 2.24) is 0 Å². The first-order valence-corrected chi connectivity index (χ1v) is 9.09. The van der Waals surface area contributed by atoms with Gasteiger partial charge in [0.2, 0.25) is 0 Å². The summed E-state index contributed by atoms with van der Waals surface area (Å²) in [6.07, 6.45) is 2.14. The molecule has 0 spiro atoms. The topological polar surface area (TPSA) is 18.5 Å². The molecule has 17 heavy (non-hydrogen) atoms. The van der Waals surface area contributed by atoms with Crippen LogP contribution in [-0.2, 0) is 8.85 Å². The molecule has 0 rings (SSSR count). The van der Waals surface area contributed by atoms with Crippen molar-refractivity contribution in [3.05, 3.63) is 0 Å². The molecule has 0 aliphatic heterocycles. The smallest absolute Gasteiger partial charge is 0.343 e. The second-order valence-corrected chi connectivity index (χ2v) is 10.3. The lowest BCUT2D eigenvalue weighted by Gasteiger charge is -2.42. The van der Waals surface area contributed by atoms with Crippen LogP contribution in [0.2, 0.25) is 11.1 Å². The molecule has 0 heterocycles. The van der Waals surface area contributed by atoms with Gasteiger partial charge in [-0.25, -0.2) is 0 Å². The fourth-order valence-electron chi connectivity index (χ4n) is 1.97. The zero-order valence-corrected chi connectivity index (χ0v) is 13.9. The maximum absolute atomic E-state index is 6.27. The molecule has 0 aromatic heterocycles. The molecule has 0 aromatic rings. The van der Waals surface area contributed by atoms with Gasteiger partial charge in [-0.1, -0.05) is 48.5 Å². The minimum Gasteiger partial charge on any atom is -0.394 e. The van der Waals surface area contributed by atoms with Crippen LogP contribution in [0.4, 0.5) is 0 Å². The van der Waals surface area contributed by atoms with Gasteiger partial charge >= 0.3 is 8.56 Å². The molecule has 0 amide bonds. The van der Waals surface area contributed by atoms with Crippen LogP contribution in [0.1, 0.15) is 61.3 Å². The van der Waals surface area contributed by atoms with E-state index in [1.807, 2.05) is 0 Å². The van der Waals surface area contributed by atoms with Crippen molar-refractivity contribution in [2.24, 2.45) is 5.92 Å². The molecule has 2 nitrogen and oxygen atoms in total. The minimum absolute atomic E-state index is 0.140. The van der Waals surface area contributed by atoms with Gasteiger partial charge in [-0.05, 0) is 24.8 Å². The van der Waals surface area contributed by atoms with Gasteiger partial charge in [0.05, 0.1) is 0 Å². The van der Waals surface area contributed by atoms with E-state index in [1.54, 1.807) is 0 Å². The molecule has 0 bridgehead atoms. The van der Waals surface area contributed by atoms with Crippen molar-refractivity contribution in [2.75, 3.05) is 13.2 Å². The fourth-order valence-corrected chi connectivity index (χ4v) is 5.91. The molecule has 0 aliphatic rings. The Kier molecular flexibility index (Phi) is 7.61. The van der Waals surface area contributed by atoms with E-state index in [0.717, 1.165) is 32.1 Å². The lowest BCUT2D eigenvalue weighted by Crippen LogP contribution is -2.51. The molecule has 0 saturated heterocycles. The van der Waals surface area contributed by atoms with Gasteiger partial charge < -0.3 is 8.85 Å². The van der Waals surface area contributed by atoms with Crippen molar-refractivity contribution in [1.29, 1.82) is 0 Å². The first-order chi connectivity index (χ1) is 7.79. The highest BCUT2D eigenvalue weighted by Gasteiger charge is 2.49. The van der Waals surface area contributed by atoms with Crippen molar-refractivity contribution >= 4 is 8.56 Å². The van der Waals surface area contributed by atoms with Crippen LogP contribution in [0.25, 0.3) is 0 Å². The van der Waals surface area contributed by atoms with E-state index in [1.165, 1.54) is 0 Å². The Bertz CT molecular complexity index is 189. The lowest BCUT2D eigenvalue weighted by atomic mass is 10.2. The molecule has 0 N–H and O–H groups in total. The van der Waals surface area contributed by atoms with E-state index in [9.17, 15) is 0 Å².